The van der Waals surface area contributed by atoms with E-state index in [0.29, 0.717) is 15.9 Å². The lowest BCUT2D eigenvalue weighted by molar-refractivity contribution is -0.116. The van der Waals surface area contributed by atoms with Crippen LogP contribution in [0.4, 0.5) is 8.78 Å². The molecule has 0 saturated heterocycles. The maximum absolute atomic E-state index is 12.9. The zero-order valence-electron chi connectivity index (χ0n) is 14.8. The standard InChI is InChI=1S/C21H19F2N3O/c1-3-20(27)24-13-17-9-8-16(15-6-4-14(2)5-7-15)12-18(17)19-10-11-26(25-19)21(22)23/h3-12,21H,1,13H2,2H3,(H,24,27). The molecule has 3 aromatic rings. The second-order valence-corrected chi connectivity index (χ2v) is 6.12. The second-order valence-electron chi connectivity index (χ2n) is 6.12. The van der Waals surface area contributed by atoms with E-state index in [1.165, 1.54) is 12.3 Å². The van der Waals surface area contributed by atoms with E-state index in [2.05, 4.69) is 17.0 Å². The Hall–Kier alpha value is -3.28. The molecule has 1 N–H and O–H groups in total. The molecule has 1 heterocycles. The summed E-state index contributed by atoms with van der Waals surface area (Å²) in [5.74, 6) is -0.304. The molecular formula is C21H19F2N3O. The van der Waals surface area contributed by atoms with Crippen molar-refractivity contribution in [1.29, 1.82) is 0 Å². The van der Waals surface area contributed by atoms with Gasteiger partial charge in [-0.2, -0.15) is 13.9 Å². The average Bonchev–Trinajstić information content (AvgIpc) is 3.17. The van der Waals surface area contributed by atoms with Gasteiger partial charge in [-0.25, -0.2) is 4.68 Å². The number of nitrogens with one attached hydrogen (secondary N) is 1. The van der Waals surface area contributed by atoms with Gasteiger partial charge in [-0.1, -0.05) is 48.5 Å². The molecule has 0 aliphatic heterocycles. The number of hydrogen-bond acceptors (Lipinski definition) is 2. The zero-order valence-corrected chi connectivity index (χ0v) is 14.8. The SMILES string of the molecule is C=CC(=O)NCc1ccc(-c2ccc(C)cc2)cc1-c1ccn(C(F)F)n1. The molecule has 0 spiro atoms. The Morgan fingerprint density at radius 1 is 1.19 bits per heavy atom. The third-order valence-electron chi connectivity index (χ3n) is 4.22. The Labute approximate surface area is 156 Å². The molecule has 1 aromatic heterocycles. The van der Waals surface area contributed by atoms with Crippen molar-refractivity contribution in [2.75, 3.05) is 0 Å². The fourth-order valence-electron chi connectivity index (χ4n) is 2.74. The largest absolute Gasteiger partial charge is 0.348 e. The quantitative estimate of drug-likeness (QED) is 0.641. The number of hydrogen-bond donors (Lipinski definition) is 1. The van der Waals surface area contributed by atoms with Gasteiger partial charge in [0.25, 0.3) is 0 Å². The molecule has 2 aromatic carbocycles. The number of rotatable bonds is 6. The van der Waals surface area contributed by atoms with Gasteiger partial charge in [-0.3, -0.25) is 4.79 Å². The van der Waals surface area contributed by atoms with E-state index in [4.69, 9.17) is 0 Å². The van der Waals surface area contributed by atoms with Crippen LogP contribution < -0.4 is 5.32 Å². The number of aryl methyl sites for hydroxylation is 1. The summed E-state index contributed by atoms with van der Waals surface area (Å²) in [6.07, 6.45) is 2.43. The Kier molecular flexibility index (Phi) is 5.45. The highest BCUT2D eigenvalue weighted by atomic mass is 19.3. The molecule has 0 bridgehead atoms. The molecule has 4 nitrogen and oxygen atoms in total. The number of benzene rings is 2. The minimum Gasteiger partial charge on any atom is -0.348 e. The summed E-state index contributed by atoms with van der Waals surface area (Å²) >= 11 is 0. The fourth-order valence-corrected chi connectivity index (χ4v) is 2.74. The van der Waals surface area contributed by atoms with Gasteiger partial charge in [0, 0.05) is 18.3 Å². The van der Waals surface area contributed by atoms with Gasteiger partial charge in [0.05, 0.1) is 5.69 Å². The number of alkyl halides is 2. The van der Waals surface area contributed by atoms with Crippen LogP contribution >= 0.6 is 0 Å². The predicted molar refractivity (Wildman–Crippen MR) is 101 cm³/mol. The number of nitrogens with zero attached hydrogens (tertiary/aromatic N) is 2. The lowest BCUT2D eigenvalue weighted by atomic mass is 9.97. The van der Waals surface area contributed by atoms with Crippen LogP contribution in [0.1, 0.15) is 17.7 Å². The molecule has 1 amide bonds. The minimum atomic E-state index is -2.71. The monoisotopic (exact) mass is 367 g/mol. The van der Waals surface area contributed by atoms with E-state index in [1.807, 2.05) is 49.4 Å². The molecule has 6 heteroatoms. The number of carbonyl (C=O) groups is 1. The normalized spacial score (nSPS) is 10.8. The van der Waals surface area contributed by atoms with Gasteiger partial charge in [0.1, 0.15) is 0 Å². The van der Waals surface area contributed by atoms with Crippen molar-refractivity contribution in [2.45, 2.75) is 20.0 Å². The molecule has 0 unspecified atom stereocenters. The van der Waals surface area contributed by atoms with Crippen LogP contribution in [0, 0.1) is 6.92 Å². The Balaban J connectivity index is 2.03. The molecule has 0 fully saturated rings. The number of carbonyl (C=O) groups excluding carboxylic acids is 1. The van der Waals surface area contributed by atoms with Crippen molar-refractivity contribution < 1.29 is 13.6 Å². The third-order valence-corrected chi connectivity index (χ3v) is 4.22. The third kappa shape index (κ3) is 4.28. The van der Waals surface area contributed by atoms with Crippen LogP contribution in [0.5, 0.6) is 0 Å². The van der Waals surface area contributed by atoms with Crippen molar-refractivity contribution in [2.24, 2.45) is 0 Å². The predicted octanol–water partition coefficient (Wildman–Crippen LogP) is 4.72. The smallest absolute Gasteiger partial charge is 0.333 e. The van der Waals surface area contributed by atoms with Gasteiger partial charge >= 0.3 is 6.55 Å². The summed E-state index contributed by atoms with van der Waals surface area (Å²) < 4.78 is 26.4. The fraction of sp³-hybridized carbons (Fsp3) is 0.143. The molecule has 138 valence electrons. The number of halogens is 2. The van der Waals surface area contributed by atoms with E-state index in [1.54, 1.807) is 6.07 Å². The first-order valence-electron chi connectivity index (χ1n) is 8.42. The van der Waals surface area contributed by atoms with Crippen LogP contribution in [0.15, 0.2) is 67.4 Å². The molecule has 0 aliphatic carbocycles. The van der Waals surface area contributed by atoms with Crippen molar-refractivity contribution in [3.8, 4) is 22.4 Å². The highest BCUT2D eigenvalue weighted by Gasteiger charge is 2.14. The first-order valence-corrected chi connectivity index (χ1v) is 8.42. The second kappa shape index (κ2) is 7.95. The lowest BCUT2D eigenvalue weighted by Gasteiger charge is -2.12. The Morgan fingerprint density at radius 3 is 2.52 bits per heavy atom. The van der Waals surface area contributed by atoms with Gasteiger partial charge in [0.2, 0.25) is 5.91 Å². The summed E-state index contributed by atoms with van der Waals surface area (Å²) in [7, 11) is 0. The van der Waals surface area contributed by atoms with Gasteiger partial charge in [0.15, 0.2) is 0 Å². The van der Waals surface area contributed by atoms with Crippen molar-refractivity contribution in [3.63, 3.8) is 0 Å². The van der Waals surface area contributed by atoms with E-state index in [-0.39, 0.29) is 12.5 Å². The van der Waals surface area contributed by atoms with Crippen LogP contribution in [0.25, 0.3) is 22.4 Å². The maximum atomic E-state index is 12.9. The van der Waals surface area contributed by atoms with E-state index in [0.717, 1.165) is 22.3 Å². The first-order chi connectivity index (χ1) is 13.0. The highest BCUT2D eigenvalue weighted by Crippen LogP contribution is 2.29. The minimum absolute atomic E-state index is 0.246. The van der Waals surface area contributed by atoms with E-state index < -0.39 is 6.55 Å². The zero-order chi connectivity index (χ0) is 19.4. The summed E-state index contributed by atoms with van der Waals surface area (Å²) in [6.45, 7) is 2.98. The molecule has 27 heavy (non-hydrogen) atoms. The molecule has 0 aliphatic rings. The van der Waals surface area contributed by atoms with Gasteiger partial charge < -0.3 is 5.32 Å². The summed E-state index contributed by atoms with van der Waals surface area (Å²) in [6, 6.07) is 15.3. The van der Waals surface area contributed by atoms with Crippen LogP contribution in [0.3, 0.4) is 0 Å². The molecule has 3 rings (SSSR count). The highest BCUT2D eigenvalue weighted by molar-refractivity contribution is 5.87. The van der Waals surface area contributed by atoms with Crippen molar-refractivity contribution in [3.05, 3.63) is 78.5 Å². The van der Waals surface area contributed by atoms with E-state index in [9.17, 15) is 13.6 Å². The van der Waals surface area contributed by atoms with Crippen LogP contribution in [-0.2, 0) is 11.3 Å². The summed E-state index contributed by atoms with van der Waals surface area (Å²) in [5.41, 5.74) is 5.00. The topological polar surface area (TPSA) is 46.9 Å². The van der Waals surface area contributed by atoms with Crippen LogP contribution in [0.2, 0.25) is 0 Å². The molecule has 0 atom stereocenters. The summed E-state index contributed by atoms with van der Waals surface area (Å²) in [5, 5.41) is 6.69. The van der Waals surface area contributed by atoms with Gasteiger partial charge in [-0.15, -0.1) is 0 Å². The maximum Gasteiger partial charge on any atom is 0.333 e. The number of amides is 1. The van der Waals surface area contributed by atoms with E-state index >= 15 is 0 Å². The Bertz CT molecular complexity index is 962. The van der Waals surface area contributed by atoms with Crippen molar-refractivity contribution >= 4 is 5.91 Å². The Morgan fingerprint density at radius 2 is 1.89 bits per heavy atom. The first kappa shape index (κ1) is 18.5. The number of aromatic nitrogens is 2. The van der Waals surface area contributed by atoms with Crippen LogP contribution in [-0.4, -0.2) is 15.7 Å². The molecular weight excluding hydrogens is 348 g/mol. The molecule has 0 radical (unpaired) electrons. The lowest BCUT2D eigenvalue weighted by Crippen LogP contribution is -2.20. The average molecular weight is 367 g/mol. The van der Waals surface area contributed by atoms with Crippen molar-refractivity contribution in [1.82, 2.24) is 15.1 Å². The van der Waals surface area contributed by atoms with Gasteiger partial charge in [-0.05, 0) is 41.8 Å². The summed E-state index contributed by atoms with van der Waals surface area (Å²) in [4.78, 5) is 11.5. The molecule has 0 saturated carbocycles.